The normalized spacial score (nSPS) is 17.2. The predicted octanol–water partition coefficient (Wildman–Crippen LogP) is 4.73. The molecule has 34 heavy (non-hydrogen) atoms. The molecule has 0 spiro atoms. The van der Waals surface area contributed by atoms with Crippen LogP contribution in [-0.2, 0) is 14.3 Å². The minimum Gasteiger partial charge on any atom is -0.469 e. The van der Waals surface area contributed by atoms with Gasteiger partial charge >= 0.3 is 5.97 Å². The van der Waals surface area contributed by atoms with Crippen LogP contribution in [0.5, 0.6) is 0 Å². The zero-order valence-corrected chi connectivity index (χ0v) is 19.3. The summed E-state index contributed by atoms with van der Waals surface area (Å²) < 4.78 is 4.69. The minimum atomic E-state index is -0.495. The highest BCUT2D eigenvalue weighted by atomic mass is 16.5. The highest BCUT2D eigenvalue weighted by Crippen LogP contribution is 2.40. The molecule has 1 N–H and O–H groups in total. The van der Waals surface area contributed by atoms with Crippen molar-refractivity contribution in [1.29, 1.82) is 0 Å². The second kappa shape index (κ2) is 11.3. The van der Waals surface area contributed by atoms with E-state index in [0.717, 1.165) is 22.5 Å². The number of carbonyl (C=O) groups is 2. The Morgan fingerprint density at radius 2 is 1.50 bits per heavy atom. The number of esters is 1. The van der Waals surface area contributed by atoms with Crippen LogP contribution in [0, 0.1) is 5.92 Å². The maximum absolute atomic E-state index is 13.6. The summed E-state index contributed by atoms with van der Waals surface area (Å²) in [6, 6.07) is 29.6. The summed E-state index contributed by atoms with van der Waals surface area (Å²) in [5.74, 6) is -0.804. The fourth-order valence-electron chi connectivity index (χ4n) is 4.25. The van der Waals surface area contributed by atoms with Gasteiger partial charge in [0.1, 0.15) is 5.92 Å². The number of benzene rings is 3. The van der Waals surface area contributed by atoms with Crippen LogP contribution in [0.4, 0.5) is 5.69 Å². The van der Waals surface area contributed by atoms with Gasteiger partial charge in [-0.05, 0) is 36.1 Å². The van der Waals surface area contributed by atoms with E-state index in [1.54, 1.807) is 0 Å². The topological polar surface area (TPSA) is 71.0 Å². The summed E-state index contributed by atoms with van der Waals surface area (Å²) in [4.78, 5) is 25.0. The van der Waals surface area contributed by atoms with Crippen LogP contribution in [0.3, 0.4) is 0 Å². The Morgan fingerprint density at radius 1 is 0.882 bits per heavy atom. The number of hydrazone groups is 1. The van der Waals surface area contributed by atoms with Gasteiger partial charge in [0.2, 0.25) is 5.91 Å². The van der Waals surface area contributed by atoms with E-state index in [1.165, 1.54) is 7.11 Å². The van der Waals surface area contributed by atoms with Gasteiger partial charge in [0.15, 0.2) is 0 Å². The molecule has 174 valence electrons. The van der Waals surface area contributed by atoms with Crippen LogP contribution in [0.25, 0.3) is 0 Å². The molecule has 3 aromatic rings. The second-order valence-corrected chi connectivity index (χ2v) is 8.19. The van der Waals surface area contributed by atoms with Gasteiger partial charge < -0.3 is 10.1 Å². The molecular formula is C28H29N3O3. The minimum absolute atomic E-state index is 0.0760. The quantitative estimate of drug-likeness (QED) is 0.374. The summed E-state index contributed by atoms with van der Waals surface area (Å²) >= 11 is 0. The molecular weight excluding hydrogens is 426 g/mol. The monoisotopic (exact) mass is 455 g/mol. The summed E-state index contributed by atoms with van der Waals surface area (Å²) in [6.07, 6.45) is 1.71. The van der Waals surface area contributed by atoms with Crippen molar-refractivity contribution >= 4 is 23.3 Å². The molecule has 1 aliphatic heterocycles. The Morgan fingerprint density at radius 3 is 2.15 bits per heavy atom. The fourth-order valence-corrected chi connectivity index (χ4v) is 4.25. The average molecular weight is 456 g/mol. The van der Waals surface area contributed by atoms with Gasteiger partial charge in [-0.25, -0.2) is 0 Å². The zero-order valence-electron chi connectivity index (χ0n) is 19.3. The smallest absolute Gasteiger partial charge is 0.305 e. The summed E-state index contributed by atoms with van der Waals surface area (Å²) in [6.45, 7) is 0.487. The molecule has 2 atom stereocenters. The van der Waals surface area contributed by atoms with Gasteiger partial charge in [0.05, 0.1) is 24.6 Å². The average Bonchev–Trinajstić information content (AvgIpc) is 3.30. The zero-order chi connectivity index (χ0) is 23.8. The third-order valence-corrected chi connectivity index (χ3v) is 5.94. The standard InChI is InChI=1S/C28H29N3O3/c1-34-24(32)19-11-12-20-29-28(33)25-26(21-13-5-2-6-14-21)30-31(23-17-9-4-10-18-23)27(25)22-15-7-3-8-16-22/h2-10,13-18,25,27H,11-12,19-20H2,1H3,(H,29,33)/t25-,27?/m0/s1. The number of amides is 1. The predicted molar refractivity (Wildman–Crippen MR) is 133 cm³/mol. The third kappa shape index (κ3) is 5.34. The van der Waals surface area contributed by atoms with E-state index in [9.17, 15) is 9.59 Å². The van der Waals surface area contributed by atoms with Crippen LogP contribution in [0.15, 0.2) is 96.1 Å². The van der Waals surface area contributed by atoms with Crippen molar-refractivity contribution in [3.05, 3.63) is 102 Å². The first-order chi connectivity index (χ1) is 16.7. The Balaban J connectivity index is 1.64. The molecule has 6 nitrogen and oxygen atoms in total. The molecule has 0 aliphatic carbocycles. The number of nitrogens with one attached hydrogen (secondary N) is 1. The largest absolute Gasteiger partial charge is 0.469 e. The van der Waals surface area contributed by atoms with E-state index in [2.05, 4.69) is 5.32 Å². The van der Waals surface area contributed by atoms with Crippen molar-refractivity contribution in [2.24, 2.45) is 11.0 Å². The molecule has 1 amide bonds. The summed E-state index contributed by atoms with van der Waals surface area (Å²) in [7, 11) is 1.39. The third-order valence-electron chi connectivity index (χ3n) is 5.94. The number of hydrogen-bond donors (Lipinski definition) is 1. The SMILES string of the molecule is COC(=O)CCCCNC(=O)[C@H]1C(c2ccccc2)=NN(c2ccccc2)C1c1ccccc1. The van der Waals surface area contributed by atoms with E-state index in [0.29, 0.717) is 25.8 Å². The molecule has 4 rings (SSSR count). The number of carbonyl (C=O) groups excluding carboxylic acids is 2. The van der Waals surface area contributed by atoms with E-state index < -0.39 is 5.92 Å². The van der Waals surface area contributed by atoms with Gasteiger partial charge in [0.25, 0.3) is 0 Å². The van der Waals surface area contributed by atoms with E-state index >= 15 is 0 Å². The first kappa shape index (κ1) is 23.2. The van der Waals surface area contributed by atoms with Crippen LogP contribution < -0.4 is 10.3 Å². The number of hydrogen-bond acceptors (Lipinski definition) is 5. The Bertz CT molecular complexity index is 1120. The van der Waals surface area contributed by atoms with Crippen LogP contribution >= 0.6 is 0 Å². The lowest BCUT2D eigenvalue weighted by atomic mass is 9.86. The Kier molecular flexibility index (Phi) is 7.71. The number of unbranched alkanes of at least 4 members (excludes halogenated alkanes) is 1. The van der Waals surface area contributed by atoms with E-state index in [-0.39, 0.29) is 17.9 Å². The van der Waals surface area contributed by atoms with E-state index in [4.69, 9.17) is 9.84 Å². The molecule has 0 bridgehead atoms. The first-order valence-corrected chi connectivity index (χ1v) is 11.6. The Hall–Kier alpha value is -3.93. The number of anilines is 1. The van der Waals surface area contributed by atoms with Gasteiger partial charge in [0, 0.05) is 13.0 Å². The maximum Gasteiger partial charge on any atom is 0.305 e. The van der Waals surface area contributed by atoms with Gasteiger partial charge in [-0.15, -0.1) is 0 Å². The van der Waals surface area contributed by atoms with Crippen molar-refractivity contribution in [3.63, 3.8) is 0 Å². The number of nitrogens with zero attached hydrogens (tertiary/aromatic N) is 2. The lowest BCUT2D eigenvalue weighted by molar-refractivity contribution is -0.140. The lowest BCUT2D eigenvalue weighted by Gasteiger charge is -2.28. The molecule has 0 aromatic heterocycles. The molecule has 3 aromatic carbocycles. The first-order valence-electron chi connectivity index (χ1n) is 11.6. The highest BCUT2D eigenvalue weighted by molar-refractivity contribution is 6.15. The molecule has 1 heterocycles. The second-order valence-electron chi connectivity index (χ2n) is 8.19. The van der Waals surface area contributed by atoms with Gasteiger partial charge in [-0.2, -0.15) is 5.10 Å². The van der Waals surface area contributed by atoms with Crippen LogP contribution in [0.1, 0.15) is 36.4 Å². The molecule has 0 radical (unpaired) electrons. The number of para-hydroxylation sites is 1. The van der Waals surface area contributed by atoms with E-state index in [1.807, 2.05) is 96.0 Å². The van der Waals surface area contributed by atoms with Crippen molar-refractivity contribution in [2.45, 2.75) is 25.3 Å². The van der Waals surface area contributed by atoms with Gasteiger partial charge in [-0.3, -0.25) is 14.6 Å². The number of ether oxygens (including phenoxy) is 1. The Labute approximate surface area is 200 Å². The van der Waals surface area contributed by atoms with Crippen molar-refractivity contribution in [1.82, 2.24) is 5.32 Å². The fraction of sp³-hybridized carbons (Fsp3) is 0.250. The number of rotatable bonds is 9. The molecule has 1 unspecified atom stereocenters. The number of methoxy groups -OCH3 is 1. The van der Waals surface area contributed by atoms with Crippen molar-refractivity contribution in [2.75, 3.05) is 18.7 Å². The van der Waals surface area contributed by atoms with Crippen LogP contribution in [0.2, 0.25) is 0 Å². The highest BCUT2D eigenvalue weighted by Gasteiger charge is 2.43. The van der Waals surface area contributed by atoms with Crippen LogP contribution in [-0.4, -0.2) is 31.2 Å². The lowest BCUT2D eigenvalue weighted by Crippen LogP contribution is -2.39. The van der Waals surface area contributed by atoms with Gasteiger partial charge in [-0.1, -0.05) is 78.9 Å². The summed E-state index contributed by atoms with van der Waals surface area (Å²) in [5, 5.41) is 10.0. The molecule has 0 saturated heterocycles. The molecule has 0 saturated carbocycles. The van der Waals surface area contributed by atoms with Crippen molar-refractivity contribution < 1.29 is 14.3 Å². The molecule has 1 aliphatic rings. The molecule has 6 heteroatoms. The molecule has 0 fully saturated rings. The van der Waals surface area contributed by atoms with Crippen molar-refractivity contribution in [3.8, 4) is 0 Å². The maximum atomic E-state index is 13.6. The summed E-state index contributed by atoms with van der Waals surface area (Å²) in [5.41, 5.74) is 3.61.